The number of nitrogens with zero attached hydrogens (tertiary/aromatic N) is 4. The molecule has 0 bridgehead atoms. The van der Waals surface area contributed by atoms with E-state index in [1.165, 1.54) is 23.1 Å². The summed E-state index contributed by atoms with van der Waals surface area (Å²) in [7, 11) is 1.73. The predicted molar refractivity (Wildman–Crippen MR) is 98.9 cm³/mol. The molecule has 0 amide bonds. The van der Waals surface area contributed by atoms with Crippen molar-refractivity contribution < 1.29 is 4.52 Å². The highest BCUT2D eigenvalue weighted by Crippen LogP contribution is 2.24. The molecule has 0 saturated heterocycles. The Kier molecular flexibility index (Phi) is 4.14. The van der Waals surface area contributed by atoms with Gasteiger partial charge in [-0.2, -0.15) is 4.98 Å². The van der Waals surface area contributed by atoms with Crippen LogP contribution in [0.4, 0.5) is 0 Å². The Bertz CT molecular complexity index is 1110. The summed E-state index contributed by atoms with van der Waals surface area (Å²) in [5, 5.41) is 6.53. The molecule has 4 aromatic rings. The van der Waals surface area contributed by atoms with E-state index in [0.29, 0.717) is 27.3 Å². The number of hydrogen-bond acceptors (Lipinski definition) is 7. The number of thiophene rings is 1. The molecular formula is C17H14N4O2S2. The molecule has 8 heteroatoms. The third-order valence-electron chi connectivity index (χ3n) is 3.71. The molecule has 0 atom stereocenters. The number of benzene rings is 1. The first kappa shape index (κ1) is 16.0. The lowest BCUT2D eigenvalue weighted by Crippen LogP contribution is -2.18. The lowest BCUT2D eigenvalue weighted by molar-refractivity contribution is 0.425. The number of aryl methyl sites for hydroxylation is 1. The normalized spacial score (nSPS) is 11.3. The van der Waals surface area contributed by atoms with E-state index in [2.05, 4.69) is 15.1 Å². The van der Waals surface area contributed by atoms with Crippen LogP contribution in [0.3, 0.4) is 0 Å². The van der Waals surface area contributed by atoms with Gasteiger partial charge in [0.05, 0.1) is 11.3 Å². The van der Waals surface area contributed by atoms with E-state index in [0.717, 1.165) is 16.6 Å². The minimum absolute atomic E-state index is 0.0314. The number of aromatic nitrogens is 4. The average Bonchev–Trinajstić information content (AvgIpc) is 3.26. The topological polar surface area (TPSA) is 73.8 Å². The van der Waals surface area contributed by atoms with Gasteiger partial charge in [0.15, 0.2) is 11.0 Å². The van der Waals surface area contributed by atoms with Crippen molar-refractivity contribution in [3.63, 3.8) is 0 Å². The number of thioether (sulfide) groups is 1. The first-order valence-corrected chi connectivity index (χ1v) is 9.45. The first-order valence-electron chi connectivity index (χ1n) is 7.58. The highest BCUT2D eigenvalue weighted by molar-refractivity contribution is 7.98. The van der Waals surface area contributed by atoms with Gasteiger partial charge in [0.1, 0.15) is 4.70 Å². The number of rotatable bonds is 4. The van der Waals surface area contributed by atoms with Gasteiger partial charge < -0.3 is 4.52 Å². The molecule has 25 heavy (non-hydrogen) atoms. The monoisotopic (exact) mass is 370 g/mol. The van der Waals surface area contributed by atoms with Gasteiger partial charge >= 0.3 is 0 Å². The molecule has 6 nitrogen and oxygen atoms in total. The summed E-state index contributed by atoms with van der Waals surface area (Å²) in [6.45, 7) is 2.02. The van der Waals surface area contributed by atoms with Crippen molar-refractivity contribution in [2.75, 3.05) is 0 Å². The van der Waals surface area contributed by atoms with E-state index in [1.807, 2.05) is 42.6 Å². The Morgan fingerprint density at radius 2 is 2.16 bits per heavy atom. The summed E-state index contributed by atoms with van der Waals surface area (Å²) in [4.78, 5) is 21.3. The van der Waals surface area contributed by atoms with Crippen LogP contribution in [0.5, 0.6) is 0 Å². The molecule has 4 rings (SSSR count). The van der Waals surface area contributed by atoms with Crippen molar-refractivity contribution in [2.24, 2.45) is 7.05 Å². The zero-order valence-electron chi connectivity index (χ0n) is 13.6. The van der Waals surface area contributed by atoms with E-state index in [4.69, 9.17) is 4.52 Å². The summed E-state index contributed by atoms with van der Waals surface area (Å²) in [6.07, 6.45) is 0. The second kappa shape index (κ2) is 6.45. The maximum Gasteiger partial charge on any atom is 0.271 e. The van der Waals surface area contributed by atoms with Crippen LogP contribution in [0.15, 0.2) is 50.2 Å². The Balaban J connectivity index is 1.56. The van der Waals surface area contributed by atoms with Crippen molar-refractivity contribution in [1.82, 2.24) is 19.7 Å². The van der Waals surface area contributed by atoms with Gasteiger partial charge in [-0.05, 0) is 30.5 Å². The molecule has 0 N–H and O–H groups in total. The third kappa shape index (κ3) is 3.10. The zero-order valence-corrected chi connectivity index (χ0v) is 15.2. The molecule has 3 heterocycles. The van der Waals surface area contributed by atoms with Crippen LogP contribution in [-0.4, -0.2) is 19.7 Å². The highest BCUT2D eigenvalue weighted by atomic mass is 32.2. The Hall–Kier alpha value is -2.45. The molecule has 0 aliphatic rings. The van der Waals surface area contributed by atoms with Crippen LogP contribution in [0.25, 0.3) is 21.7 Å². The average molecular weight is 370 g/mol. The second-order valence-electron chi connectivity index (χ2n) is 5.57. The second-order valence-corrected chi connectivity index (χ2v) is 7.43. The fraction of sp³-hybridized carbons (Fsp3) is 0.176. The van der Waals surface area contributed by atoms with E-state index in [9.17, 15) is 4.79 Å². The predicted octanol–water partition coefficient (Wildman–Crippen LogP) is 3.65. The summed E-state index contributed by atoms with van der Waals surface area (Å²) < 4.78 is 7.58. The third-order valence-corrected chi connectivity index (χ3v) is 5.63. The minimum atomic E-state index is -0.0314. The van der Waals surface area contributed by atoms with Crippen molar-refractivity contribution in [3.05, 3.63) is 57.5 Å². The largest absolute Gasteiger partial charge is 0.334 e. The molecule has 0 saturated carbocycles. The van der Waals surface area contributed by atoms with Gasteiger partial charge in [0.25, 0.3) is 11.4 Å². The maximum atomic E-state index is 12.3. The van der Waals surface area contributed by atoms with E-state index < -0.39 is 0 Å². The molecule has 126 valence electrons. The van der Waals surface area contributed by atoms with Crippen LogP contribution < -0.4 is 5.56 Å². The standard InChI is InChI=1S/C17H14N4O2S2/c1-10-4-3-5-11(8-10)15-19-13(20-23-15)9-25-17-18-12-6-7-24-14(12)16(22)21(17)2/h3-8H,9H2,1-2H3. The minimum Gasteiger partial charge on any atom is -0.334 e. The molecule has 0 aliphatic carbocycles. The van der Waals surface area contributed by atoms with Crippen molar-refractivity contribution in [2.45, 2.75) is 17.8 Å². The van der Waals surface area contributed by atoms with Crippen molar-refractivity contribution in [3.8, 4) is 11.5 Å². The number of fused-ring (bicyclic) bond motifs is 1. The van der Waals surface area contributed by atoms with E-state index >= 15 is 0 Å². The number of hydrogen-bond donors (Lipinski definition) is 0. The van der Waals surface area contributed by atoms with Gasteiger partial charge in [-0.15, -0.1) is 11.3 Å². The Labute approximate surface area is 151 Å². The maximum absolute atomic E-state index is 12.3. The van der Waals surface area contributed by atoms with Crippen molar-refractivity contribution in [1.29, 1.82) is 0 Å². The van der Waals surface area contributed by atoms with Gasteiger partial charge in [0.2, 0.25) is 0 Å². The van der Waals surface area contributed by atoms with Gasteiger partial charge in [-0.3, -0.25) is 9.36 Å². The van der Waals surface area contributed by atoms with Gasteiger partial charge in [-0.25, -0.2) is 4.98 Å². The zero-order chi connectivity index (χ0) is 17.4. The Morgan fingerprint density at radius 1 is 1.28 bits per heavy atom. The molecule has 0 unspecified atom stereocenters. The first-order chi connectivity index (χ1) is 12.1. The Morgan fingerprint density at radius 3 is 3.00 bits per heavy atom. The lowest BCUT2D eigenvalue weighted by Gasteiger charge is -2.05. The fourth-order valence-corrected chi connectivity index (χ4v) is 4.05. The van der Waals surface area contributed by atoms with Crippen LogP contribution in [-0.2, 0) is 12.8 Å². The van der Waals surface area contributed by atoms with Crippen molar-refractivity contribution >= 4 is 33.3 Å². The van der Waals surface area contributed by atoms with E-state index in [-0.39, 0.29) is 5.56 Å². The quantitative estimate of drug-likeness (QED) is 0.403. The van der Waals surface area contributed by atoms with Crippen LogP contribution in [0, 0.1) is 6.92 Å². The summed E-state index contributed by atoms with van der Waals surface area (Å²) >= 11 is 2.82. The van der Waals surface area contributed by atoms with Gasteiger partial charge in [-0.1, -0.05) is 34.6 Å². The molecule has 0 aliphatic heterocycles. The van der Waals surface area contributed by atoms with Gasteiger partial charge in [0, 0.05) is 12.6 Å². The molecule has 1 aromatic carbocycles. The molecule has 3 aromatic heterocycles. The molecular weight excluding hydrogens is 356 g/mol. The fourth-order valence-electron chi connectivity index (χ4n) is 2.43. The SMILES string of the molecule is Cc1cccc(-c2nc(CSc3nc4ccsc4c(=O)n3C)no2)c1. The molecule has 0 radical (unpaired) electrons. The summed E-state index contributed by atoms with van der Waals surface area (Å²) in [5.74, 6) is 1.54. The molecule has 0 fully saturated rings. The molecule has 0 spiro atoms. The van der Waals surface area contributed by atoms with Crippen LogP contribution >= 0.6 is 23.1 Å². The summed E-state index contributed by atoms with van der Waals surface area (Å²) in [6, 6.07) is 9.77. The summed E-state index contributed by atoms with van der Waals surface area (Å²) in [5.41, 5.74) is 2.73. The van der Waals surface area contributed by atoms with E-state index in [1.54, 1.807) is 11.6 Å². The van der Waals surface area contributed by atoms with Crippen LogP contribution in [0.1, 0.15) is 11.4 Å². The lowest BCUT2D eigenvalue weighted by atomic mass is 10.1. The van der Waals surface area contributed by atoms with Crippen LogP contribution in [0.2, 0.25) is 0 Å². The highest BCUT2D eigenvalue weighted by Gasteiger charge is 2.13. The smallest absolute Gasteiger partial charge is 0.271 e.